The van der Waals surface area contributed by atoms with Crippen molar-refractivity contribution in [3.63, 3.8) is 0 Å². The summed E-state index contributed by atoms with van der Waals surface area (Å²) in [5, 5.41) is 0. The molecule has 1 aromatic carbocycles. The van der Waals surface area contributed by atoms with Gasteiger partial charge in [0.05, 0.1) is 9.30 Å². The molecule has 2 nitrogen and oxygen atoms in total. The maximum Gasteiger partial charge on any atom is 0.146 e. The summed E-state index contributed by atoms with van der Waals surface area (Å²) in [5.41, 5.74) is 0.0968. The van der Waals surface area contributed by atoms with E-state index in [-0.39, 0.29) is 12.4 Å². The highest BCUT2D eigenvalue weighted by Gasteiger charge is 2.01. The second-order valence-electron chi connectivity index (χ2n) is 2.28. The third-order valence-electron chi connectivity index (χ3n) is 1.29. The van der Waals surface area contributed by atoms with Crippen LogP contribution in [0, 0.1) is 5.82 Å². The lowest BCUT2D eigenvalue weighted by molar-refractivity contribution is -0.0392. The molecule has 0 aromatic heterocycles. The molecule has 0 unspecified atom stereocenters. The molecule has 1 rings (SSSR count). The molecule has 0 radical (unpaired) electrons. The Labute approximate surface area is 87.6 Å². The van der Waals surface area contributed by atoms with Gasteiger partial charge in [-0.25, -0.2) is 4.39 Å². The van der Waals surface area contributed by atoms with Crippen LogP contribution in [0.1, 0.15) is 8.30 Å². The predicted octanol–water partition coefficient (Wildman–Crippen LogP) is 2.71. The normalized spacial score (nSPS) is 13.8. The van der Waals surface area contributed by atoms with Gasteiger partial charge in [0.1, 0.15) is 12.6 Å². The van der Waals surface area contributed by atoms with Crippen molar-refractivity contribution < 1.29 is 16.6 Å². The molecule has 13 heavy (non-hydrogen) atoms. The summed E-state index contributed by atoms with van der Waals surface area (Å²) < 4.78 is 37.9. The number of rotatable bonds is 4. The number of hydrogen-bond donors (Lipinski definition) is 0. The summed E-state index contributed by atoms with van der Waals surface area (Å²) >= 11 is 3.13. The Bertz CT molecular complexity index is 347. The first-order valence-corrected chi connectivity index (χ1v) is 4.35. The summed E-state index contributed by atoms with van der Waals surface area (Å²) in [6.07, 6.45) is 0. The molecule has 0 spiro atoms. The maximum atomic E-state index is 12.9. The molecule has 0 saturated carbocycles. The lowest BCUT2D eigenvalue weighted by Crippen LogP contribution is -1.98. The largest absolute Gasteiger partial charge is 0.359 e. The molecule has 0 amide bonds. The zero-order chi connectivity index (χ0) is 11.5. The highest BCUT2D eigenvalue weighted by atomic mass is 79.9. The Morgan fingerprint density at radius 1 is 1.62 bits per heavy atom. The van der Waals surface area contributed by atoms with E-state index in [9.17, 15) is 4.39 Å². The zero-order valence-electron chi connectivity index (χ0n) is 9.01. The van der Waals surface area contributed by atoms with Crippen molar-refractivity contribution in [1.82, 2.24) is 0 Å². The Balaban J connectivity index is 2.97. The van der Waals surface area contributed by atoms with Crippen molar-refractivity contribution in [2.24, 2.45) is 0 Å². The van der Waals surface area contributed by atoms with Gasteiger partial charge in [0.15, 0.2) is 0 Å². The van der Waals surface area contributed by atoms with Crippen LogP contribution in [0.3, 0.4) is 0 Å². The standard InChI is InChI=1S/C9H10BrFO2/c1-12-6-13-5-7-4-8(11)2-3-9(7)10/h2-4H,5-6H2,1H3/i5D2. The van der Waals surface area contributed by atoms with Crippen molar-refractivity contribution >= 4 is 15.9 Å². The van der Waals surface area contributed by atoms with Gasteiger partial charge in [0.25, 0.3) is 0 Å². The van der Waals surface area contributed by atoms with E-state index in [2.05, 4.69) is 20.7 Å². The third-order valence-corrected chi connectivity index (χ3v) is 1.98. The fourth-order valence-corrected chi connectivity index (χ4v) is 1.07. The maximum absolute atomic E-state index is 12.9. The SMILES string of the molecule is [2H]C([2H])(OCOC)c1cc(F)ccc1Br. The van der Waals surface area contributed by atoms with Crippen LogP contribution in [0.25, 0.3) is 0 Å². The van der Waals surface area contributed by atoms with Gasteiger partial charge < -0.3 is 9.47 Å². The zero-order valence-corrected chi connectivity index (χ0v) is 8.60. The van der Waals surface area contributed by atoms with Gasteiger partial charge in [-0.05, 0) is 23.8 Å². The molecule has 0 aliphatic heterocycles. The summed E-state index contributed by atoms with van der Waals surface area (Å²) in [6, 6.07) is 3.75. The first kappa shape index (κ1) is 7.91. The quantitative estimate of drug-likeness (QED) is 0.766. The van der Waals surface area contributed by atoms with Crippen LogP contribution in [0.5, 0.6) is 0 Å². The van der Waals surface area contributed by atoms with Crippen LogP contribution in [-0.4, -0.2) is 13.9 Å². The minimum Gasteiger partial charge on any atom is -0.359 e. The molecule has 0 aliphatic rings. The lowest BCUT2D eigenvalue weighted by atomic mass is 10.2. The Hall–Kier alpha value is -0.450. The van der Waals surface area contributed by atoms with Crippen LogP contribution in [-0.2, 0) is 16.0 Å². The molecule has 0 saturated heterocycles. The minimum absolute atomic E-state index is 0.0968. The van der Waals surface area contributed by atoms with Gasteiger partial charge in [0.2, 0.25) is 0 Å². The molecule has 0 N–H and O–H groups in total. The fraction of sp³-hybridized carbons (Fsp3) is 0.333. The van der Waals surface area contributed by atoms with Gasteiger partial charge in [0, 0.05) is 11.6 Å². The molecule has 0 aliphatic carbocycles. The fourth-order valence-electron chi connectivity index (χ4n) is 0.742. The average Bonchev–Trinajstić information content (AvgIpc) is 2.18. The summed E-state index contributed by atoms with van der Waals surface area (Å²) in [6.45, 7) is -2.28. The number of benzene rings is 1. The molecule has 0 heterocycles. The molecule has 0 atom stereocenters. The Morgan fingerprint density at radius 3 is 3.08 bits per heavy atom. The molecule has 1 aromatic rings. The third kappa shape index (κ3) is 3.42. The number of halogens is 2. The van der Waals surface area contributed by atoms with Crippen molar-refractivity contribution in [2.75, 3.05) is 13.9 Å². The smallest absolute Gasteiger partial charge is 0.146 e. The van der Waals surface area contributed by atoms with Crippen LogP contribution >= 0.6 is 15.9 Å². The first-order valence-electron chi connectivity index (χ1n) is 4.56. The molecule has 0 fully saturated rings. The predicted molar refractivity (Wildman–Crippen MR) is 50.8 cm³/mol. The molecular weight excluding hydrogens is 239 g/mol. The topological polar surface area (TPSA) is 18.5 Å². The van der Waals surface area contributed by atoms with E-state index in [1.54, 1.807) is 0 Å². The second-order valence-corrected chi connectivity index (χ2v) is 3.13. The van der Waals surface area contributed by atoms with Gasteiger partial charge in [-0.15, -0.1) is 0 Å². The van der Waals surface area contributed by atoms with Crippen LogP contribution < -0.4 is 0 Å². The van der Waals surface area contributed by atoms with Crippen LogP contribution in [0.15, 0.2) is 22.7 Å². The molecular formula is C9H10BrFO2. The van der Waals surface area contributed by atoms with Crippen molar-refractivity contribution in [3.05, 3.63) is 34.1 Å². The first-order chi connectivity index (χ1) is 6.97. The van der Waals surface area contributed by atoms with E-state index in [1.165, 1.54) is 19.2 Å². The van der Waals surface area contributed by atoms with Crippen LogP contribution in [0.4, 0.5) is 4.39 Å². The van der Waals surface area contributed by atoms with Gasteiger partial charge >= 0.3 is 0 Å². The van der Waals surface area contributed by atoms with E-state index in [0.29, 0.717) is 4.47 Å². The van der Waals surface area contributed by atoms with E-state index >= 15 is 0 Å². The van der Waals surface area contributed by atoms with Crippen molar-refractivity contribution in [1.29, 1.82) is 0 Å². The highest BCUT2D eigenvalue weighted by molar-refractivity contribution is 9.10. The average molecular weight is 251 g/mol. The lowest BCUT2D eigenvalue weighted by Gasteiger charge is -2.05. The van der Waals surface area contributed by atoms with E-state index in [4.69, 9.17) is 7.48 Å². The highest BCUT2D eigenvalue weighted by Crippen LogP contribution is 2.18. The van der Waals surface area contributed by atoms with Gasteiger partial charge in [-0.3, -0.25) is 0 Å². The summed E-state index contributed by atoms with van der Waals surface area (Å²) in [5.74, 6) is -0.516. The monoisotopic (exact) mass is 250 g/mol. The second kappa shape index (κ2) is 5.32. The summed E-state index contributed by atoms with van der Waals surface area (Å²) in [4.78, 5) is 0. The van der Waals surface area contributed by atoms with E-state index < -0.39 is 12.4 Å². The summed E-state index contributed by atoms with van der Waals surface area (Å²) in [7, 11) is 1.39. The number of hydrogen-bond acceptors (Lipinski definition) is 2. The molecule has 0 bridgehead atoms. The minimum atomic E-state index is -2.09. The Morgan fingerprint density at radius 2 is 2.38 bits per heavy atom. The van der Waals surface area contributed by atoms with Crippen molar-refractivity contribution in [3.8, 4) is 0 Å². The molecule has 72 valence electrons. The Kier molecular flexibility index (Phi) is 3.23. The van der Waals surface area contributed by atoms with Crippen molar-refractivity contribution in [2.45, 2.75) is 6.56 Å². The van der Waals surface area contributed by atoms with Gasteiger partial charge in [-0.1, -0.05) is 15.9 Å². The van der Waals surface area contributed by atoms with E-state index in [1.807, 2.05) is 0 Å². The molecule has 4 heteroatoms. The van der Waals surface area contributed by atoms with E-state index in [0.717, 1.165) is 6.07 Å². The number of ether oxygens (including phenoxy) is 2. The van der Waals surface area contributed by atoms with Gasteiger partial charge in [-0.2, -0.15) is 0 Å². The number of methoxy groups -OCH3 is 1. The van der Waals surface area contributed by atoms with Crippen LogP contribution in [0.2, 0.25) is 0 Å².